The van der Waals surface area contributed by atoms with Gasteiger partial charge in [-0.1, -0.05) is 11.6 Å². The van der Waals surface area contributed by atoms with Gasteiger partial charge in [0.15, 0.2) is 5.56 Å². The van der Waals surface area contributed by atoms with Crippen molar-refractivity contribution < 1.29 is 10.2 Å². The summed E-state index contributed by atoms with van der Waals surface area (Å²) in [5.74, 6) is 0. The molecule has 0 aliphatic rings. The molecule has 3 heteroatoms. The van der Waals surface area contributed by atoms with E-state index < -0.39 is 5.56 Å². The van der Waals surface area contributed by atoms with Crippen LogP contribution in [0.3, 0.4) is 0 Å². The topological polar surface area (TPSA) is 40.5 Å². The number of hydrogen-bond acceptors (Lipinski definition) is 2. The van der Waals surface area contributed by atoms with Gasteiger partial charge in [-0.2, -0.15) is 0 Å². The molecule has 0 heterocycles. The standard InChI is InChI=1S/C2H5ClO2/c3-2(5)1-4/h2,4-5H,1H2. The number of halogens is 1. The van der Waals surface area contributed by atoms with Crippen molar-refractivity contribution >= 4 is 11.6 Å². The first-order valence-corrected chi connectivity index (χ1v) is 1.64. The van der Waals surface area contributed by atoms with Crippen LogP contribution in [0, 0.1) is 0 Å². The van der Waals surface area contributed by atoms with Gasteiger partial charge in [0.1, 0.15) is 0 Å². The van der Waals surface area contributed by atoms with Crippen molar-refractivity contribution in [1.82, 2.24) is 0 Å². The molecule has 0 aromatic rings. The number of aliphatic hydroxyl groups is 2. The molecule has 0 fully saturated rings. The summed E-state index contributed by atoms with van der Waals surface area (Å²) in [6, 6.07) is 0. The molecule has 0 aromatic heterocycles. The highest BCUT2D eigenvalue weighted by atomic mass is 35.5. The van der Waals surface area contributed by atoms with Crippen LogP contribution >= 0.6 is 11.6 Å². The van der Waals surface area contributed by atoms with Gasteiger partial charge < -0.3 is 10.2 Å². The first-order chi connectivity index (χ1) is 2.27. The average molecular weight is 96.5 g/mol. The van der Waals surface area contributed by atoms with E-state index in [0.717, 1.165) is 0 Å². The summed E-state index contributed by atoms with van der Waals surface area (Å²) in [5.41, 5.74) is -1.09. The number of alkyl halides is 1. The van der Waals surface area contributed by atoms with Gasteiger partial charge in [0, 0.05) is 0 Å². The minimum atomic E-state index is -1.09. The fourth-order valence-corrected chi connectivity index (χ4v) is 0. The van der Waals surface area contributed by atoms with E-state index in [0.29, 0.717) is 0 Å². The van der Waals surface area contributed by atoms with Crippen LogP contribution in [-0.2, 0) is 0 Å². The minimum absolute atomic E-state index is 0.373. The summed E-state index contributed by atoms with van der Waals surface area (Å²) in [4.78, 5) is 0. The van der Waals surface area contributed by atoms with Gasteiger partial charge >= 0.3 is 0 Å². The summed E-state index contributed by atoms with van der Waals surface area (Å²) in [6.07, 6.45) is 0. The van der Waals surface area contributed by atoms with Gasteiger partial charge in [0.25, 0.3) is 0 Å². The van der Waals surface area contributed by atoms with Crippen LogP contribution < -0.4 is 0 Å². The molecule has 32 valence electrons. The van der Waals surface area contributed by atoms with E-state index in [1.165, 1.54) is 0 Å². The van der Waals surface area contributed by atoms with Crippen molar-refractivity contribution in [2.75, 3.05) is 6.61 Å². The summed E-state index contributed by atoms with van der Waals surface area (Å²) >= 11 is 4.77. The third-order valence-electron chi connectivity index (χ3n) is 0.151. The maximum Gasteiger partial charge on any atom is 0.150 e. The van der Waals surface area contributed by atoms with E-state index >= 15 is 0 Å². The number of aliphatic hydroxyl groups excluding tert-OH is 2. The van der Waals surface area contributed by atoms with E-state index in [9.17, 15) is 0 Å². The van der Waals surface area contributed by atoms with Crippen LogP contribution in [0.15, 0.2) is 0 Å². The molecule has 0 saturated carbocycles. The fraction of sp³-hybridized carbons (Fsp3) is 1.00. The van der Waals surface area contributed by atoms with E-state index in [1.807, 2.05) is 0 Å². The van der Waals surface area contributed by atoms with Crippen LogP contribution in [0.5, 0.6) is 0 Å². The lowest BCUT2D eigenvalue weighted by Crippen LogP contribution is -1.99. The smallest absolute Gasteiger partial charge is 0.150 e. The zero-order chi connectivity index (χ0) is 4.28. The minimum Gasteiger partial charge on any atom is -0.392 e. The highest BCUT2D eigenvalue weighted by Gasteiger charge is 1.86. The highest BCUT2D eigenvalue weighted by molar-refractivity contribution is 6.19. The molecule has 0 bridgehead atoms. The molecule has 2 N–H and O–H groups in total. The van der Waals surface area contributed by atoms with Crippen molar-refractivity contribution in [1.29, 1.82) is 0 Å². The molecule has 0 rings (SSSR count). The zero-order valence-electron chi connectivity index (χ0n) is 2.56. The molecule has 0 amide bonds. The number of hydrogen-bond donors (Lipinski definition) is 2. The van der Waals surface area contributed by atoms with Gasteiger partial charge in [-0.05, 0) is 0 Å². The maximum absolute atomic E-state index is 7.88. The average Bonchev–Trinajstić information content (AvgIpc) is 1.38. The molecular weight excluding hydrogens is 91.5 g/mol. The lowest BCUT2D eigenvalue weighted by atomic mass is 10.8. The Labute approximate surface area is 35.0 Å². The predicted octanol–water partition coefficient (Wildman–Crippen LogP) is -0.464. The molecule has 1 atom stereocenters. The first kappa shape index (κ1) is 5.21. The zero-order valence-corrected chi connectivity index (χ0v) is 3.31. The van der Waals surface area contributed by atoms with Gasteiger partial charge in [-0.15, -0.1) is 0 Å². The molecule has 1 unspecified atom stereocenters. The summed E-state index contributed by atoms with van der Waals surface area (Å²) in [5, 5.41) is 15.6. The van der Waals surface area contributed by atoms with E-state index in [4.69, 9.17) is 21.8 Å². The Hall–Kier alpha value is 0.210. The molecule has 2 nitrogen and oxygen atoms in total. The van der Waals surface area contributed by atoms with E-state index in [-0.39, 0.29) is 6.61 Å². The summed E-state index contributed by atoms with van der Waals surface area (Å²) < 4.78 is 0. The molecule has 0 aliphatic carbocycles. The molecule has 0 aliphatic heterocycles. The van der Waals surface area contributed by atoms with Crippen molar-refractivity contribution in [2.24, 2.45) is 0 Å². The normalized spacial score (nSPS) is 15.0. The quantitative estimate of drug-likeness (QED) is 0.434. The van der Waals surface area contributed by atoms with Crippen LogP contribution in [0.1, 0.15) is 0 Å². The Bertz CT molecular complexity index is 21.6. The van der Waals surface area contributed by atoms with Gasteiger partial charge in [0.05, 0.1) is 6.61 Å². The third kappa shape index (κ3) is 4.21. The monoisotopic (exact) mass is 96.0 g/mol. The van der Waals surface area contributed by atoms with E-state index in [1.54, 1.807) is 0 Å². The Morgan fingerprint density at radius 2 is 2.00 bits per heavy atom. The number of rotatable bonds is 1. The van der Waals surface area contributed by atoms with Gasteiger partial charge in [-0.3, -0.25) is 0 Å². The second-order valence-corrected chi connectivity index (χ2v) is 1.12. The van der Waals surface area contributed by atoms with Gasteiger partial charge in [0.2, 0.25) is 0 Å². The molecule has 0 saturated heterocycles. The SMILES string of the molecule is OCC(O)Cl. The fourth-order valence-electron chi connectivity index (χ4n) is 0. The Balaban J connectivity index is 2.54. The van der Waals surface area contributed by atoms with Crippen LogP contribution in [0.25, 0.3) is 0 Å². The molecular formula is C2H5ClO2. The van der Waals surface area contributed by atoms with Crippen molar-refractivity contribution in [3.8, 4) is 0 Å². The largest absolute Gasteiger partial charge is 0.392 e. The first-order valence-electron chi connectivity index (χ1n) is 1.20. The molecule has 5 heavy (non-hydrogen) atoms. The van der Waals surface area contributed by atoms with Crippen LogP contribution in [0.2, 0.25) is 0 Å². The Morgan fingerprint density at radius 1 is 1.80 bits per heavy atom. The van der Waals surface area contributed by atoms with Crippen LogP contribution in [-0.4, -0.2) is 22.4 Å². The predicted molar refractivity (Wildman–Crippen MR) is 18.9 cm³/mol. The Kier molecular flexibility index (Phi) is 2.55. The molecule has 0 radical (unpaired) electrons. The summed E-state index contributed by atoms with van der Waals surface area (Å²) in [7, 11) is 0. The molecule has 0 aromatic carbocycles. The lowest BCUT2D eigenvalue weighted by molar-refractivity contribution is 0.155. The highest BCUT2D eigenvalue weighted by Crippen LogP contribution is 1.81. The maximum atomic E-state index is 7.88. The lowest BCUT2D eigenvalue weighted by Gasteiger charge is -1.87. The third-order valence-corrected chi connectivity index (χ3v) is 0.289. The van der Waals surface area contributed by atoms with Crippen molar-refractivity contribution in [2.45, 2.75) is 5.56 Å². The Morgan fingerprint density at radius 3 is 2.00 bits per heavy atom. The van der Waals surface area contributed by atoms with Crippen LogP contribution in [0.4, 0.5) is 0 Å². The molecule has 0 spiro atoms. The van der Waals surface area contributed by atoms with Gasteiger partial charge in [-0.25, -0.2) is 0 Å². The second kappa shape index (κ2) is 2.45. The van der Waals surface area contributed by atoms with Crippen molar-refractivity contribution in [3.05, 3.63) is 0 Å². The van der Waals surface area contributed by atoms with E-state index in [2.05, 4.69) is 0 Å². The van der Waals surface area contributed by atoms with Crippen molar-refractivity contribution in [3.63, 3.8) is 0 Å². The second-order valence-electron chi connectivity index (χ2n) is 0.617. The summed E-state index contributed by atoms with van der Waals surface area (Å²) in [6.45, 7) is -0.373.